The number of piperazine rings is 1. The smallest absolute Gasteiger partial charge is 0.254 e. The quantitative estimate of drug-likeness (QED) is 0.187. The summed E-state index contributed by atoms with van der Waals surface area (Å²) in [7, 11) is 0. The number of carbonyl (C=O) groups is 2. The summed E-state index contributed by atoms with van der Waals surface area (Å²) < 4.78 is 13.7. The van der Waals surface area contributed by atoms with Gasteiger partial charge < -0.3 is 15.1 Å². The van der Waals surface area contributed by atoms with E-state index in [4.69, 9.17) is 0 Å². The molecule has 4 aromatic carbocycles. The Morgan fingerprint density at radius 1 is 0.854 bits per heavy atom. The number of likely N-dealkylation sites (N-methyl/N-ethyl adjacent to an activating group) is 1. The molecule has 0 saturated carbocycles. The summed E-state index contributed by atoms with van der Waals surface area (Å²) in [6.07, 6.45) is 3.55. The molecule has 0 spiro atoms. The second-order valence-corrected chi connectivity index (χ2v) is 14.2. The summed E-state index contributed by atoms with van der Waals surface area (Å²) >= 11 is 1.76. The standard InChI is InChI=1S/C40H43FN4O2S/c1-2-42-39(47)40(34-12-3-5-14-36(34)48-37-15-6-4-13-35(37)40)19-7-8-20-43-22-24-44(25-23-43)32-17-16-30-18-21-45(38(46)33(30)27-32)28-29-10-9-11-31(41)26-29/h3-6,9-17,26-27H,2,7-8,18-25,28H2,1H3,(H,42,47). The van der Waals surface area contributed by atoms with Crippen LogP contribution < -0.4 is 10.2 Å². The van der Waals surface area contributed by atoms with Crippen molar-refractivity contribution in [3.63, 3.8) is 0 Å². The molecule has 0 atom stereocenters. The first kappa shape index (κ1) is 32.4. The second kappa shape index (κ2) is 14.1. The molecule has 0 unspecified atom stereocenters. The zero-order valence-corrected chi connectivity index (χ0v) is 28.4. The molecule has 0 aromatic heterocycles. The van der Waals surface area contributed by atoms with Gasteiger partial charge in [-0.1, -0.05) is 72.8 Å². The van der Waals surface area contributed by atoms with Crippen molar-refractivity contribution in [1.82, 2.24) is 15.1 Å². The number of hydrogen-bond acceptors (Lipinski definition) is 5. The van der Waals surface area contributed by atoms with Crippen LogP contribution in [0.1, 0.15) is 58.8 Å². The molecule has 7 rings (SSSR count). The Morgan fingerprint density at radius 2 is 1.58 bits per heavy atom. The zero-order valence-electron chi connectivity index (χ0n) is 27.6. The molecule has 0 aliphatic carbocycles. The number of halogens is 1. The van der Waals surface area contributed by atoms with Crippen LogP contribution in [0.4, 0.5) is 10.1 Å². The van der Waals surface area contributed by atoms with Crippen molar-refractivity contribution in [2.24, 2.45) is 0 Å². The maximum atomic E-state index is 14.0. The minimum atomic E-state index is -0.691. The Bertz CT molecular complexity index is 1760. The van der Waals surface area contributed by atoms with Crippen molar-refractivity contribution in [2.45, 2.75) is 54.4 Å². The topological polar surface area (TPSA) is 55.9 Å². The number of benzene rings is 4. The van der Waals surface area contributed by atoms with Crippen LogP contribution >= 0.6 is 11.8 Å². The number of carbonyl (C=O) groups excluding carboxylic acids is 2. The minimum Gasteiger partial charge on any atom is -0.369 e. The minimum absolute atomic E-state index is 0.0215. The van der Waals surface area contributed by atoms with Gasteiger partial charge in [-0.15, -0.1) is 0 Å². The van der Waals surface area contributed by atoms with Gasteiger partial charge in [-0.2, -0.15) is 0 Å². The Labute approximate surface area is 287 Å². The van der Waals surface area contributed by atoms with Crippen LogP contribution in [-0.4, -0.2) is 67.4 Å². The van der Waals surface area contributed by atoms with E-state index in [2.05, 4.69) is 81.8 Å². The van der Waals surface area contributed by atoms with Crippen molar-refractivity contribution in [3.8, 4) is 0 Å². The monoisotopic (exact) mass is 662 g/mol. The van der Waals surface area contributed by atoms with Gasteiger partial charge in [0.05, 0.1) is 0 Å². The lowest BCUT2D eigenvalue weighted by molar-refractivity contribution is -0.125. The summed E-state index contributed by atoms with van der Waals surface area (Å²) in [6, 6.07) is 29.6. The van der Waals surface area contributed by atoms with E-state index in [1.165, 1.54) is 21.9 Å². The van der Waals surface area contributed by atoms with Gasteiger partial charge in [-0.25, -0.2) is 4.39 Å². The number of nitrogens with one attached hydrogen (secondary N) is 1. The van der Waals surface area contributed by atoms with E-state index in [1.54, 1.807) is 17.8 Å². The molecule has 0 radical (unpaired) electrons. The molecule has 1 fully saturated rings. The third-order valence-electron chi connectivity index (χ3n) is 10.2. The summed E-state index contributed by atoms with van der Waals surface area (Å²) in [5.41, 5.74) is 5.30. The molecule has 3 aliphatic heterocycles. The number of hydrogen-bond donors (Lipinski definition) is 1. The molecule has 8 heteroatoms. The highest BCUT2D eigenvalue weighted by Gasteiger charge is 2.46. The molecule has 3 aliphatic rings. The highest BCUT2D eigenvalue weighted by molar-refractivity contribution is 7.99. The SMILES string of the molecule is CCNC(=O)C1(CCCCN2CCN(c3ccc4c(c3)C(=O)N(Cc3cccc(F)c3)CC4)CC2)c2ccccc2Sc2ccccc21. The number of fused-ring (bicyclic) bond motifs is 3. The Morgan fingerprint density at radius 3 is 2.29 bits per heavy atom. The highest BCUT2D eigenvalue weighted by Crippen LogP contribution is 2.51. The largest absolute Gasteiger partial charge is 0.369 e. The maximum Gasteiger partial charge on any atom is 0.254 e. The number of rotatable bonds is 10. The first-order valence-electron chi connectivity index (χ1n) is 17.3. The fraction of sp³-hybridized carbons (Fsp3) is 0.350. The van der Waals surface area contributed by atoms with Crippen LogP contribution in [0.15, 0.2) is 101 Å². The molecule has 1 N–H and O–H groups in total. The van der Waals surface area contributed by atoms with Gasteiger partial charge in [0, 0.05) is 66.9 Å². The summed E-state index contributed by atoms with van der Waals surface area (Å²) in [5, 5.41) is 3.18. The maximum absolute atomic E-state index is 14.0. The van der Waals surface area contributed by atoms with Crippen LogP contribution in [0.2, 0.25) is 0 Å². The molecule has 1 saturated heterocycles. The van der Waals surface area contributed by atoms with Gasteiger partial charge in [0.2, 0.25) is 5.91 Å². The second-order valence-electron chi connectivity index (χ2n) is 13.1. The van der Waals surface area contributed by atoms with Crippen molar-refractivity contribution >= 4 is 29.3 Å². The Hall–Kier alpha value is -4.14. The van der Waals surface area contributed by atoms with Crippen molar-refractivity contribution in [3.05, 3.63) is 125 Å². The predicted molar refractivity (Wildman–Crippen MR) is 190 cm³/mol. The van der Waals surface area contributed by atoms with E-state index in [0.717, 1.165) is 91.9 Å². The molecule has 0 bridgehead atoms. The average Bonchev–Trinajstić information content (AvgIpc) is 3.11. The van der Waals surface area contributed by atoms with Crippen molar-refractivity contribution in [1.29, 1.82) is 0 Å². The number of unbranched alkanes of at least 4 members (excludes halogenated alkanes) is 1. The molecule has 3 heterocycles. The third kappa shape index (κ3) is 6.36. The third-order valence-corrected chi connectivity index (χ3v) is 11.3. The van der Waals surface area contributed by atoms with Crippen LogP contribution in [0.3, 0.4) is 0 Å². The highest BCUT2D eigenvalue weighted by atomic mass is 32.2. The van der Waals surface area contributed by atoms with Gasteiger partial charge in [0.25, 0.3) is 5.91 Å². The van der Waals surface area contributed by atoms with Gasteiger partial charge in [0.1, 0.15) is 11.2 Å². The normalized spacial score (nSPS) is 17.0. The first-order valence-corrected chi connectivity index (χ1v) is 18.1. The van der Waals surface area contributed by atoms with E-state index in [9.17, 15) is 14.0 Å². The van der Waals surface area contributed by atoms with Gasteiger partial charge in [-0.05, 0) is 91.4 Å². The lowest BCUT2D eigenvalue weighted by Gasteiger charge is -2.40. The van der Waals surface area contributed by atoms with E-state index >= 15 is 0 Å². The Balaban J connectivity index is 0.970. The van der Waals surface area contributed by atoms with Crippen LogP contribution in [-0.2, 0) is 23.2 Å². The molecule has 4 aromatic rings. The van der Waals surface area contributed by atoms with E-state index in [1.807, 2.05) is 17.9 Å². The first-order chi connectivity index (χ1) is 23.5. The summed E-state index contributed by atoms with van der Waals surface area (Å²) in [5.74, 6) is -0.158. The van der Waals surface area contributed by atoms with Crippen LogP contribution in [0, 0.1) is 5.82 Å². The van der Waals surface area contributed by atoms with Crippen LogP contribution in [0.25, 0.3) is 0 Å². The lowest BCUT2D eigenvalue weighted by atomic mass is 9.69. The van der Waals surface area contributed by atoms with Crippen molar-refractivity contribution in [2.75, 3.05) is 50.7 Å². The number of anilines is 1. The Kier molecular flexibility index (Phi) is 9.55. The molecule has 48 heavy (non-hydrogen) atoms. The molecular weight excluding hydrogens is 620 g/mol. The fourth-order valence-corrected chi connectivity index (χ4v) is 8.92. The molecule has 248 valence electrons. The molecule has 2 amide bonds. The number of amides is 2. The molecule has 6 nitrogen and oxygen atoms in total. The lowest BCUT2D eigenvalue weighted by Crippen LogP contribution is -2.48. The average molecular weight is 663 g/mol. The van der Waals surface area contributed by atoms with E-state index < -0.39 is 5.41 Å². The van der Waals surface area contributed by atoms with Crippen LogP contribution in [0.5, 0.6) is 0 Å². The predicted octanol–water partition coefficient (Wildman–Crippen LogP) is 6.90. The number of nitrogens with zero attached hydrogens (tertiary/aromatic N) is 3. The summed E-state index contributed by atoms with van der Waals surface area (Å²) in [6.45, 7) is 8.38. The fourth-order valence-electron chi connectivity index (χ4n) is 7.69. The molecular formula is C40H43FN4O2S. The van der Waals surface area contributed by atoms with E-state index in [0.29, 0.717) is 19.6 Å². The van der Waals surface area contributed by atoms with Gasteiger partial charge in [-0.3, -0.25) is 14.5 Å². The van der Waals surface area contributed by atoms with E-state index in [-0.39, 0.29) is 17.6 Å². The zero-order chi connectivity index (χ0) is 33.1. The summed E-state index contributed by atoms with van der Waals surface area (Å²) in [4.78, 5) is 36.5. The van der Waals surface area contributed by atoms with Gasteiger partial charge >= 0.3 is 0 Å². The van der Waals surface area contributed by atoms with Gasteiger partial charge in [0.15, 0.2) is 0 Å². The van der Waals surface area contributed by atoms with Crippen molar-refractivity contribution < 1.29 is 14.0 Å².